The molecule has 16 heavy (non-hydrogen) atoms. The molecule has 0 saturated carbocycles. The lowest BCUT2D eigenvalue weighted by Gasteiger charge is -2.08. The smallest absolute Gasteiger partial charge is 0.355 e. The Bertz CT molecular complexity index is 258. The van der Waals surface area contributed by atoms with Crippen LogP contribution in [0, 0.1) is 17.2 Å². The number of carbonyl (C=O) groups is 1. The van der Waals surface area contributed by atoms with E-state index in [1.54, 1.807) is 6.92 Å². The molecule has 0 radical (unpaired) electrons. The standard InChI is InChI=1S/C10H15F3N2O/c1-2-8(7-14)9(16)15-6-4-3-5-10(11,12)13/h8H,2-6H2,1H3,(H,15,16). The first kappa shape index (κ1) is 14.8. The Morgan fingerprint density at radius 2 is 2.06 bits per heavy atom. The SMILES string of the molecule is CCC(C#N)C(=O)NCCCCC(F)(F)F. The number of nitrogens with zero attached hydrogens (tertiary/aromatic N) is 1. The van der Waals surface area contributed by atoms with Crippen LogP contribution in [0.15, 0.2) is 0 Å². The van der Waals surface area contributed by atoms with Crippen molar-refractivity contribution in [1.29, 1.82) is 5.26 Å². The van der Waals surface area contributed by atoms with Crippen molar-refractivity contribution in [3.05, 3.63) is 0 Å². The Kier molecular flexibility index (Phi) is 6.54. The molecule has 1 amide bonds. The molecule has 3 nitrogen and oxygen atoms in total. The number of halogens is 3. The van der Waals surface area contributed by atoms with Gasteiger partial charge in [0, 0.05) is 13.0 Å². The summed E-state index contributed by atoms with van der Waals surface area (Å²) < 4.78 is 35.2. The monoisotopic (exact) mass is 236 g/mol. The molecular weight excluding hydrogens is 221 g/mol. The van der Waals surface area contributed by atoms with Crippen molar-refractivity contribution in [2.75, 3.05) is 6.54 Å². The lowest BCUT2D eigenvalue weighted by Crippen LogP contribution is -2.30. The fourth-order valence-corrected chi connectivity index (χ4v) is 1.12. The molecule has 0 saturated heterocycles. The lowest BCUT2D eigenvalue weighted by atomic mass is 10.1. The largest absolute Gasteiger partial charge is 0.389 e. The van der Waals surface area contributed by atoms with Crippen molar-refractivity contribution < 1.29 is 18.0 Å². The van der Waals surface area contributed by atoms with Crippen LogP contribution in [0.4, 0.5) is 13.2 Å². The Labute approximate surface area is 92.6 Å². The first-order chi connectivity index (χ1) is 7.40. The third-order valence-corrected chi connectivity index (χ3v) is 2.07. The quantitative estimate of drug-likeness (QED) is 0.720. The maximum absolute atomic E-state index is 11.7. The van der Waals surface area contributed by atoms with Crippen LogP contribution in [-0.2, 0) is 4.79 Å². The highest BCUT2D eigenvalue weighted by atomic mass is 19.4. The molecule has 0 aromatic carbocycles. The van der Waals surface area contributed by atoms with E-state index in [4.69, 9.17) is 5.26 Å². The van der Waals surface area contributed by atoms with Gasteiger partial charge in [-0.25, -0.2) is 0 Å². The summed E-state index contributed by atoms with van der Waals surface area (Å²) in [6.07, 6.45) is -4.30. The topological polar surface area (TPSA) is 52.9 Å². The third-order valence-electron chi connectivity index (χ3n) is 2.07. The van der Waals surface area contributed by atoms with Crippen LogP contribution in [0.3, 0.4) is 0 Å². The number of rotatable bonds is 6. The number of nitriles is 1. The Morgan fingerprint density at radius 1 is 1.44 bits per heavy atom. The molecule has 0 fully saturated rings. The van der Waals surface area contributed by atoms with Crippen LogP contribution in [0.2, 0.25) is 0 Å². The zero-order valence-electron chi connectivity index (χ0n) is 9.10. The molecule has 1 atom stereocenters. The zero-order valence-corrected chi connectivity index (χ0v) is 9.10. The number of unbranched alkanes of at least 4 members (excludes halogenated alkanes) is 1. The van der Waals surface area contributed by atoms with Crippen LogP contribution < -0.4 is 5.32 Å². The molecule has 92 valence electrons. The average Bonchev–Trinajstić information content (AvgIpc) is 2.17. The van der Waals surface area contributed by atoms with Gasteiger partial charge in [0.2, 0.25) is 5.91 Å². The molecule has 0 aliphatic rings. The summed E-state index contributed by atoms with van der Waals surface area (Å²) in [5, 5.41) is 11.0. The maximum atomic E-state index is 11.7. The summed E-state index contributed by atoms with van der Waals surface area (Å²) in [7, 11) is 0. The van der Waals surface area contributed by atoms with E-state index in [1.165, 1.54) is 0 Å². The second kappa shape index (κ2) is 7.09. The van der Waals surface area contributed by atoms with Gasteiger partial charge in [0.25, 0.3) is 0 Å². The molecule has 0 spiro atoms. The van der Waals surface area contributed by atoms with E-state index >= 15 is 0 Å². The van der Waals surface area contributed by atoms with Gasteiger partial charge in [0.15, 0.2) is 0 Å². The van der Waals surface area contributed by atoms with Crippen molar-refractivity contribution in [2.45, 2.75) is 38.8 Å². The summed E-state index contributed by atoms with van der Waals surface area (Å²) >= 11 is 0. The van der Waals surface area contributed by atoms with Gasteiger partial charge >= 0.3 is 6.18 Å². The minimum absolute atomic E-state index is 0.00682. The van der Waals surface area contributed by atoms with Crippen LogP contribution in [0.5, 0.6) is 0 Å². The second-order valence-corrected chi connectivity index (χ2v) is 3.45. The molecule has 0 heterocycles. The summed E-state index contributed by atoms with van der Waals surface area (Å²) in [6, 6.07) is 1.82. The number of nitrogens with one attached hydrogen (secondary N) is 1. The van der Waals surface area contributed by atoms with Crippen molar-refractivity contribution in [2.24, 2.45) is 5.92 Å². The van der Waals surface area contributed by atoms with Crippen molar-refractivity contribution in [3.63, 3.8) is 0 Å². The molecule has 1 unspecified atom stereocenters. The minimum Gasteiger partial charge on any atom is -0.355 e. The normalized spacial score (nSPS) is 12.9. The number of carbonyl (C=O) groups excluding carboxylic acids is 1. The molecule has 0 rings (SSSR count). The van der Waals surface area contributed by atoms with Gasteiger partial charge in [-0.05, 0) is 19.3 Å². The van der Waals surface area contributed by atoms with Gasteiger partial charge < -0.3 is 5.32 Å². The number of amides is 1. The molecule has 0 bridgehead atoms. The average molecular weight is 236 g/mol. The Hall–Kier alpha value is -1.25. The molecule has 0 aromatic rings. The third kappa shape index (κ3) is 7.10. The zero-order chi connectivity index (χ0) is 12.6. The highest BCUT2D eigenvalue weighted by Gasteiger charge is 2.25. The van der Waals surface area contributed by atoms with Gasteiger partial charge in [-0.1, -0.05) is 6.92 Å². The predicted molar refractivity (Wildman–Crippen MR) is 52.3 cm³/mol. The summed E-state index contributed by atoms with van der Waals surface area (Å²) in [5.41, 5.74) is 0. The van der Waals surface area contributed by atoms with Gasteiger partial charge in [-0.2, -0.15) is 18.4 Å². The summed E-state index contributed by atoms with van der Waals surface area (Å²) in [5.74, 6) is -1.11. The first-order valence-electron chi connectivity index (χ1n) is 5.14. The predicted octanol–water partition coefficient (Wildman–Crippen LogP) is 2.38. The van der Waals surface area contributed by atoms with Crippen molar-refractivity contribution in [1.82, 2.24) is 5.32 Å². The van der Waals surface area contributed by atoms with Gasteiger partial charge in [-0.3, -0.25) is 4.79 Å². The van der Waals surface area contributed by atoms with Crippen LogP contribution in [0.1, 0.15) is 32.6 Å². The number of alkyl halides is 3. The van der Waals surface area contributed by atoms with Gasteiger partial charge in [-0.15, -0.1) is 0 Å². The molecule has 6 heteroatoms. The van der Waals surface area contributed by atoms with Gasteiger partial charge in [0.05, 0.1) is 6.07 Å². The molecule has 0 aliphatic carbocycles. The van der Waals surface area contributed by atoms with Crippen molar-refractivity contribution >= 4 is 5.91 Å². The van der Waals surface area contributed by atoms with Crippen LogP contribution in [0.25, 0.3) is 0 Å². The number of hydrogen-bond donors (Lipinski definition) is 1. The van der Waals surface area contributed by atoms with E-state index in [0.29, 0.717) is 6.42 Å². The first-order valence-corrected chi connectivity index (χ1v) is 5.14. The summed E-state index contributed by atoms with van der Waals surface area (Å²) in [6.45, 7) is 1.89. The highest BCUT2D eigenvalue weighted by molar-refractivity contribution is 5.80. The van der Waals surface area contributed by atoms with E-state index in [0.717, 1.165) is 0 Å². The van der Waals surface area contributed by atoms with Crippen LogP contribution in [-0.4, -0.2) is 18.6 Å². The second-order valence-electron chi connectivity index (χ2n) is 3.45. The fraction of sp³-hybridized carbons (Fsp3) is 0.800. The molecule has 1 N–H and O–H groups in total. The molecular formula is C10H15F3N2O. The maximum Gasteiger partial charge on any atom is 0.389 e. The Morgan fingerprint density at radius 3 is 2.50 bits per heavy atom. The fourth-order valence-electron chi connectivity index (χ4n) is 1.12. The summed E-state index contributed by atoms with van der Waals surface area (Å²) in [4.78, 5) is 11.2. The Balaban J connectivity index is 3.60. The molecule has 0 aromatic heterocycles. The number of hydrogen-bond acceptors (Lipinski definition) is 2. The van der Waals surface area contributed by atoms with E-state index in [1.807, 2.05) is 6.07 Å². The highest BCUT2D eigenvalue weighted by Crippen LogP contribution is 2.21. The van der Waals surface area contributed by atoms with E-state index in [2.05, 4.69) is 5.32 Å². The van der Waals surface area contributed by atoms with E-state index in [9.17, 15) is 18.0 Å². The van der Waals surface area contributed by atoms with E-state index < -0.39 is 24.4 Å². The van der Waals surface area contributed by atoms with Gasteiger partial charge in [0.1, 0.15) is 5.92 Å². The lowest BCUT2D eigenvalue weighted by molar-refractivity contribution is -0.135. The van der Waals surface area contributed by atoms with Crippen molar-refractivity contribution in [3.8, 4) is 6.07 Å². The molecule has 0 aliphatic heterocycles. The van der Waals surface area contributed by atoms with E-state index in [-0.39, 0.29) is 19.4 Å². The van der Waals surface area contributed by atoms with Crippen LogP contribution >= 0.6 is 0 Å². The minimum atomic E-state index is -4.14.